The molecule has 0 unspecified atom stereocenters. The zero-order valence-corrected chi connectivity index (χ0v) is 15.7. The van der Waals surface area contributed by atoms with Gasteiger partial charge in [-0.3, -0.25) is 9.69 Å². The Balaban J connectivity index is 1.65. The number of aromatic nitrogens is 2. The van der Waals surface area contributed by atoms with Crippen LogP contribution < -0.4 is 0 Å². The molecule has 1 aromatic carbocycles. The van der Waals surface area contributed by atoms with Crippen molar-refractivity contribution < 1.29 is 9.18 Å². The van der Waals surface area contributed by atoms with Crippen molar-refractivity contribution in [3.05, 3.63) is 77.2 Å². The van der Waals surface area contributed by atoms with Crippen LogP contribution >= 0.6 is 11.3 Å². The number of nitrogens with one attached hydrogen (secondary N) is 1. The molecular weight excluding hydrogens is 361 g/mol. The summed E-state index contributed by atoms with van der Waals surface area (Å²) in [6, 6.07) is 4.38. The van der Waals surface area contributed by atoms with Crippen molar-refractivity contribution in [3.8, 4) is 0 Å². The number of halogens is 1. The molecule has 0 aliphatic heterocycles. The van der Waals surface area contributed by atoms with Crippen molar-refractivity contribution in [2.24, 2.45) is 0 Å². The zero-order chi connectivity index (χ0) is 19.0. The van der Waals surface area contributed by atoms with E-state index in [0.29, 0.717) is 21.5 Å². The zero-order valence-electron chi connectivity index (χ0n) is 14.9. The quantitative estimate of drug-likeness (QED) is 0.456. The predicted octanol–water partition coefficient (Wildman–Crippen LogP) is 4.66. The van der Waals surface area contributed by atoms with E-state index in [2.05, 4.69) is 28.0 Å². The second kappa shape index (κ2) is 6.87. The first-order valence-electron chi connectivity index (χ1n) is 8.83. The first-order valence-corrected chi connectivity index (χ1v) is 9.71. The van der Waals surface area contributed by atoms with Crippen LogP contribution in [0.1, 0.15) is 33.9 Å². The van der Waals surface area contributed by atoms with Crippen LogP contribution in [0.5, 0.6) is 0 Å². The third-order valence-corrected chi connectivity index (χ3v) is 5.93. The lowest BCUT2D eigenvalue weighted by Gasteiger charge is -2.28. The summed E-state index contributed by atoms with van der Waals surface area (Å²) >= 11 is 1.36. The molecule has 4 nitrogen and oxygen atoms in total. The number of nitrogens with zero attached hydrogens (tertiary/aromatic N) is 2. The van der Waals surface area contributed by atoms with Gasteiger partial charge in [-0.15, -0.1) is 24.5 Å². The van der Waals surface area contributed by atoms with Gasteiger partial charge in [0.25, 0.3) is 0 Å². The van der Waals surface area contributed by atoms with Crippen LogP contribution in [0.2, 0.25) is 0 Å². The van der Waals surface area contributed by atoms with Crippen LogP contribution in [0.25, 0.3) is 10.9 Å². The van der Waals surface area contributed by atoms with Crippen LogP contribution in [0.3, 0.4) is 0 Å². The number of carbonyl (C=O) groups is 1. The maximum Gasteiger partial charge on any atom is 0.223 e. The number of aromatic amines is 1. The molecule has 1 fully saturated rings. The summed E-state index contributed by atoms with van der Waals surface area (Å²) in [5.74, 6) is -0.473. The van der Waals surface area contributed by atoms with Gasteiger partial charge >= 0.3 is 0 Å². The molecule has 138 valence electrons. The van der Waals surface area contributed by atoms with Crippen molar-refractivity contribution in [1.29, 1.82) is 0 Å². The molecule has 0 atom stereocenters. The summed E-state index contributed by atoms with van der Waals surface area (Å²) < 4.78 is 13.4. The van der Waals surface area contributed by atoms with Crippen LogP contribution in [-0.2, 0) is 5.54 Å². The van der Waals surface area contributed by atoms with Gasteiger partial charge in [0.1, 0.15) is 5.82 Å². The number of ketones is 1. The fourth-order valence-corrected chi connectivity index (χ4v) is 4.45. The Morgan fingerprint density at radius 2 is 2.07 bits per heavy atom. The minimum atomic E-state index is -0.333. The number of hydrogen-bond donors (Lipinski definition) is 1. The van der Waals surface area contributed by atoms with Crippen LogP contribution in [0.15, 0.2) is 55.1 Å². The summed E-state index contributed by atoms with van der Waals surface area (Å²) in [6.07, 6.45) is 7.42. The summed E-state index contributed by atoms with van der Waals surface area (Å²) in [7, 11) is 0. The highest BCUT2D eigenvalue weighted by atomic mass is 32.1. The van der Waals surface area contributed by atoms with E-state index in [1.165, 1.54) is 23.5 Å². The molecule has 0 radical (unpaired) electrons. The second-order valence-corrected chi connectivity index (χ2v) is 7.63. The van der Waals surface area contributed by atoms with Gasteiger partial charge in [-0.25, -0.2) is 9.37 Å². The van der Waals surface area contributed by atoms with E-state index in [0.717, 1.165) is 31.6 Å². The highest BCUT2D eigenvalue weighted by Crippen LogP contribution is 2.51. The van der Waals surface area contributed by atoms with Crippen LogP contribution in [-0.4, -0.2) is 33.7 Å². The molecule has 1 aliphatic carbocycles. The van der Waals surface area contributed by atoms with Gasteiger partial charge in [0.05, 0.1) is 16.8 Å². The fraction of sp³-hybridized carbons (Fsp3) is 0.238. The Bertz CT molecular complexity index is 1020. The first-order chi connectivity index (χ1) is 13.1. The number of rotatable bonds is 8. The van der Waals surface area contributed by atoms with Crippen molar-refractivity contribution in [2.75, 3.05) is 13.1 Å². The maximum absolute atomic E-state index is 13.4. The molecule has 0 spiro atoms. The van der Waals surface area contributed by atoms with E-state index in [9.17, 15) is 9.18 Å². The SMILES string of the molecule is C=CCN(CC=C)C1(c2csc(C(=O)c3c[nH]c4cc(F)ccc34)n2)CC1. The summed E-state index contributed by atoms with van der Waals surface area (Å²) in [5, 5.41) is 3.14. The Morgan fingerprint density at radius 3 is 2.74 bits per heavy atom. The first kappa shape index (κ1) is 17.8. The van der Waals surface area contributed by atoms with Gasteiger partial charge in [-0.2, -0.15) is 0 Å². The van der Waals surface area contributed by atoms with Gasteiger partial charge in [-0.05, 0) is 31.0 Å². The molecule has 6 heteroatoms. The highest BCUT2D eigenvalue weighted by Gasteiger charge is 2.50. The fourth-order valence-electron chi connectivity index (χ4n) is 3.58. The normalized spacial score (nSPS) is 15.2. The molecule has 1 aliphatic rings. The summed E-state index contributed by atoms with van der Waals surface area (Å²) in [5.41, 5.74) is 1.94. The lowest BCUT2D eigenvalue weighted by atomic mass is 10.1. The minimum Gasteiger partial charge on any atom is -0.360 e. The molecule has 0 amide bonds. The number of carbonyl (C=O) groups excluding carboxylic acids is 1. The predicted molar refractivity (Wildman–Crippen MR) is 107 cm³/mol. The monoisotopic (exact) mass is 381 g/mol. The molecule has 1 saturated carbocycles. The number of fused-ring (bicyclic) bond motifs is 1. The smallest absolute Gasteiger partial charge is 0.223 e. The Morgan fingerprint density at radius 1 is 1.33 bits per heavy atom. The van der Waals surface area contributed by atoms with Crippen molar-refractivity contribution >= 4 is 28.0 Å². The topological polar surface area (TPSA) is 49.0 Å². The molecule has 3 aromatic rings. The standard InChI is InChI=1S/C21H20FN3OS/c1-3-9-25(10-4-2)21(7-8-21)18-13-27-20(24-18)19(26)16-12-23-17-11-14(22)5-6-15(16)17/h3-6,11-13,23H,1-2,7-10H2. The number of thiazole rings is 1. The van der Waals surface area contributed by atoms with Gasteiger partial charge in [0.15, 0.2) is 5.01 Å². The van der Waals surface area contributed by atoms with Crippen molar-refractivity contribution in [3.63, 3.8) is 0 Å². The van der Waals surface area contributed by atoms with E-state index in [1.54, 1.807) is 12.3 Å². The van der Waals surface area contributed by atoms with E-state index < -0.39 is 0 Å². The second-order valence-electron chi connectivity index (χ2n) is 6.77. The lowest BCUT2D eigenvalue weighted by molar-refractivity contribution is 0.103. The van der Waals surface area contributed by atoms with Crippen LogP contribution in [0.4, 0.5) is 4.39 Å². The highest BCUT2D eigenvalue weighted by molar-refractivity contribution is 7.12. The number of hydrogen-bond acceptors (Lipinski definition) is 4. The van der Waals surface area contributed by atoms with Gasteiger partial charge in [0.2, 0.25) is 5.78 Å². The molecule has 27 heavy (non-hydrogen) atoms. The molecule has 2 aromatic heterocycles. The van der Waals surface area contributed by atoms with Crippen LogP contribution in [0, 0.1) is 5.82 Å². The van der Waals surface area contributed by atoms with Crippen molar-refractivity contribution in [1.82, 2.24) is 14.9 Å². The average molecular weight is 381 g/mol. The summed E-state index contributed by atoms with van der Waals surface area (Å²) in [6.45, 7) is 9.19. The van der Waals surface area contributed by atoms with Gasteiger partial charge in [-0.1, -0.05) is 12.2 Å². The van der Waals surface area contributed by atoms with E-state index >= 15 is 0 Å². The minimum absolute atomic E-state index is 0.124. The third-order valence-electron chi connectivity index (χ3n) is 5.09. The maximum atomic E-state index is 13.4. The summed E-state index contributed by atoms with van der Waals surface area (Å²) in [4.78, 5) is 22.9. The van der Waals surface area contributed by atoms with E-state index in [-0.39, 0.29) is 17.1 Å². The van der Waals surface area contributed by atoms with E-state index in [1.807, 2.05) is 17.5 Å². The van der Waals surface area contributed by atoms with Gasteiger partial charge < -0.3 is 4.98 Å². The Labute approximate surface area is 161 Å². The Kier molecular flexibility index (Phi) is 4.53. The third kappa shape index (κ3) is 3.05. The molecular formula is C21H20FN3OS. The molecule has 2 heterocycles. The van der Waals surface area contributed by atoms with Gasteiger partial charge in [0, 0.05) is 35.6 Å². The lowest BCUT2D eigenvalue weighted by Crippen LogP contribution is -2.36. The number of H-pyrrole nitrogens is 1. The molecule has 0 bridgehead atoms. The molecule has 4 rings (SSSR count). The number of benzene rings is 1. The average Bonchev–Trinajstić information content (AvgIpc) is 3.13. The van der Waals surface area contributed by atoms with Crippen molar-refractivity contribution in [2.45, 2.75) is 18.4 Å². The Hall–Kier alpha value is -2.57. The van der Waals surface area contributed by atoms with E-state index in [4.69, 9.17) is 0 Å². The molecule has 0 saturated heterocycles. The largest absolute Gasteiger partial charge is 0.360 e. The molecule has 1 N–H and O–H groups in total.